The molecule has 0 aliphatic rings. The molecule has 18 heavy (non-hydrogen) atoms. The summed E-state index contributed by atoms with van der Waals surface area (Å²) in [5.74, 6) is 1.18. The molecule has 0 saturated carbocycles. The van der Waals surface area contributed by atoms with E-state index >= 15 is 0 Å². The minimum Gasteiger partial charge on any atom is -0.366 e. The van der Waals surface area contributed by atoms with Crippen molar-refractivity contribution < 1.29 is 4.52 Å². The zero-order valence-corrected chi connectivity index (χ0v) is 10.5. The van der Waals surface area contributed by atoms with Gasteiger partial charge in [0.15, 0.2) is 0 Å². The molecule has 3 rings (SSSR count). The maximum absolute atomic E-state index is 5.41. The van der Waals surface area contributed by atoms with Crippen LogP contribution in [0.3, 0.4) is 0 Å². The number of nitrogens with zero attached hydrogens (tertiary/aromatic N) is 4. The number of hydrogen-bond acceptors (Lipinski definition) is 6. The van der Waals surface area contributed by atoms with Gasteiger partial charge in [0.1, 0.15) is 0 Å². The Morgan fingerprint density at radius 1 is 1.22 bits per heavy atom. The van der Waals surface area contributed by atoms with E-state index in [0.717, 1.165) is 10.0 Å². The number of aromatic amines is 1. The fourth-order valence-electron chi connectivity index (χ4n) is 1.44. The molecule has 0 radical (unpaired) electrons. The van der Waals surface area contributed by atoms with E-state index in [4.69, 9.17) is 10.3 Å². The molecule has 8 heteroatoms. The smallest absolute Gasteiger partial charge is 0.295 e. The highest BCUT2D eigenvalue weighted by atomic mass is 79.9. The van der Waals surface area contributed by atoms with Crippen LogP contribution >= 0.6 is 15.9 Å². The number of nitrogen functional groups attached to an aromatic ring is 1. The Hall–Kier alpha value is -2.22. The van der Waals surface area contributed by atoms with Crippen molar-refractivity contribution >= 4 is 21.9 Å². The van der Waals surface area contributed by atoms with Crippen LogP contribution in [0.2, 0.25) is 0 Å². The van der Waals surface area contributed by atoms with E-state index in [9.17, 15) is 0 Å². The Morgan fingerprint density at radius 3 is 2.78 bits per heavy atom. The topological polar surface area (TPSA) is 107 Å². The van der Waals surface area contributed by atoms with Crippen molar-refractivity contribution in [2.45, 2.75) is 0 Å². The summed E-state index contributed by atoms with van der Waals surface area (Å²) in [5.41, 5.74) is 6.24. The van der Waals surface area contributed by atoms with Crippen LogP contribution in [0.5, 0.6) is 0 Å². The number of rotatable bonds is 2. The molecule has 0 spiro atoms. The van der Waals surface area contributed by atoms with Gasteiger partial charge in [-0.3, -0.25) is 5.10 Å². The SMILES string of the molecule is Nc1n[nH]c(-c2nc(-c3ccccc3Br)no2)n1. The molecule has 0 saturated heterocycles. The van der Waals surface area contributed by atoms with Crippen LogP contribution in [0.25, 0.3) is 23.1 Å². The van der Waals surface area contributed by atoms with Crippen molar-refractivity contribution in [3.05, 3.63) is 28.7 Å². The summed E-state index contributed by atoms with van der Waals surface area (Å²) in [6.07, 6.45) is 0. The van der Waals surface area contributed by atoms with Crippen LogP contribution < -0.4 is 5.73 Å². The number of nitrogens with two attached hydrogens (primary N) is 1. The molecule has 2 heterocycles. The van der Waals surface area contributed by atoms with Crippen molar-refractivity contribution in [2.75, 3.05) is 5.73 Å². The van der Waals surface area contributed by atoms with Crippen LogP contribution in [0.4, 0.5) is 5.95 Å². The largest absolute Gasteiger partial charge is 0.366 e. The molecule has 0 bridgehead atoms. The highest BCUT2D eigenvalue weighted by Crippen LogP contribution is 2.26. The van der Waals surface area contributed by atoms with E-state index in [1.807, 2.05) is 24.3 Å². The third-order valence-corrected chi connectivity index (χ3v) is 2.94. The van der Waals surface area contributed by atoms with Crippen LogP contribution in [0.15, 0.2) is 33.3 Å². The summed E-state index contributed by atoms with van der Waals surface area (Å²) >= 11 is 3.43. The molecule has 3 aromatic rings. The van der Waals surface area contributed by atoms with Gasteiger partial charge in [0.05, 0.1) is 0 Å². The molecule has 0 aliphatic carbocycles. The Balaban J connectivity index is 2.02. The molecule has 7 nitrogen and oxygen atoms in total. The van der Waals surface area contributed by atoms with Gasteiger partial charge in [-0.15, -0.1) is 5.10 Å². The molecule has 0 amide bonds. The number of H-pyrrole nitrogens is 1. The predicted octanol–water partition coefficient (Wildman–Crippen LogP) is 1.87. The minimum absolute atomic E-state index is 0.130. The predicted molar refractivity (Wildman–Crippen MR) is 67.2 cm³/mol. The van der Waals surface area contributed by atoms with E-state index in [1.54, 1.807) is 0 Å². The van der Waals surface area contributed by atoms with E-state index < -0.39 is 0 Å². The molecular weight excluding hydrogens is 300 g/mol. The first-order valence-corrected chi connectivity index (χ1v) is 5.80. The van der Waals surface area contributed by atoms with Crippen molar-refractivity contribution in [3.63, 3.8) is 0 Å². The van der Waals surface area contributed by atoms with Gasteiger partial charge in [0, 0.05) is 10.0 Å². The molecule has 0 atom stereocenters. The lowest BCUT2D eigenvalue weighted by atomic mass is 10.2. The molecule has 3 N–H and O–H groups in total. The third kappa shape index (κ3) is 1.86. The van der Waals surface area contributed by atoms with Gasteiger partial charge in [-0.2, -0.15) is 9.97 Å². The van der Waals surface area contributed by atoms with Crippen molar-refractivity contribution in [1.29, 1.82) is 0 Å². The summed E-state index contributed by atoms with van der Waals surface area (Å²) in [7, 11) is 0. The first kappa shape index (κ1) is 10.9. The molecule has 0 unspecified atom stereocenters. The highest BCUT2D eigenvalue weighted by Gasteiger charge is 2.15. The van der Waals surface area contributed by atoms with Gasteiger partial charge in [-0.25, -0.2) is 0 Å². The first-order chi connectivity index (χ1) is 8.74. The average molecular weight is 307 g/mol. The third-order valence-electron chi connectivity index (χ3n) is 2.25. The fourth-order valence-corrected chi connectivity index (χ4v) is 1.90. The van der Waals surface area contributed by atoms with Crippen LogP contribution in [0.1, 0.15) is 0 Å². The number of anilines is 1. The Labute approximate surface area is 110 Å². The van der Waals surface area contributed by atoms with Gasteiger partial charge < -0.3 is 10.3 Å². The maximum Gasteiger partial charge on any atom is 0.295 e. The standard InChI is InChI=1S/C10H7BrN6O/c11-6-4-2-1-3-5(6)7-13-9(18-17-7)8-14-10(12)16-15-8/h1-4H,(H3,12,14,15,16). The zero-order chi connectivity index (χ0) is 12.5. The molecule has 90 valence electrons. The average Bonchev–Trinajstić information content (AvgIpc) is 2.98. The van der Waals surface area contributed by atoms with Gasteiger partial charge in [-0.05, 0) is 12.1 Å². The molecule has 0 fully saturated rings. The normalized spacial score (nSPS) is 10.7. The first-order valence-electron chi connectivity index (χ1n) is 5.01. The van der Waals surface area contributed by atoms with Gasteiger partial charge >= 0.3 is 0 Å². The molecule has 0 aliphatic heterocycles. The number of hydrogen-bond donors (Lipinski definition) is 2. The Kier molecular flexibility index (Phi) is 2.56. The quantitative estimate of drug-likeness (QED) is 0.748. The number of nitrogens with one attached hydrogen (secondary N) is 1. The Bertz CT molecular complexity index is 691. The molecule has 1 aromatic carbocycles. The van der Waals surface area contributed by atoms with Gasteiger partial charge in [0.2, 0.25) is 17.6 Å². The van der Waals surface area contributed by atoms with Crippen LogP contribution in [-0.2, 0) is 0 Å². The second-order valence-corrected chi connectivity index (χ2v) is 4.30. The van der Waals surface area contributed by atoms with E-state index in [2.05, 4.69) is 41.3 Å². The monoisotopic (exact) mass is 306 g/mol. The lowest BCUT2D eigenvalue weighted by Crippen LogP contribution is -1.86. The number of halogens is 1. The molecular formula is C10H7BrN6O. The van der Waals surface area contributed by atoms with Gasteiger partial charge in [0.25, 0.3) is 5.89 Å². The lowest BCUT2D eigenvalue weighted by molar-refractivity contribution is 0.429. The van der Waals surface area contributed by atoms with E-state index in [0.29, 0.717) is 11.6 Å². The maximum atomic E-state index is 5.41. The fraction of sp³-hybridized carbons (Fsp3) is 0. The highest BCUT2D eigenvalue weighted by molar-refractivity contribution is 9.10. The van der Waals surface area contributed by atoms with E-state index in [-0.39, 0.29) is 11.8 Å². The second kappa shape index (κ2) is 4.22. The van der Waals surface area contributed by atoms with Crippen molar-refractivity contribution in [1.82, 2.24) is 25.3 Å². The lowest BCUT2D eigenvalue weighted by Gasteiger charge is -1.96. The number of benzene rings is 1. The summed E-state index contributed by atoms with van der Waals surface area (Å²) in [6, 6.07) is 7.58. The summed E-state index contributed by atoms with van der Waals surface area (Å²) in [4.78, 5) is 8.14. The zero-order valence-electron chi connectivity index (χ0n) is 8.96. The summed E-state index contributed by atoms with van der Waals surface area (Å²) < 4.78 is 5.99. The van der Waals surface area contributed by atoms with E-state index in [1.165, 1.54) is 0 Å². The van der Waals surface area contributed by atoms with Gasteiger partial charge in [-0.1, -0.05) is 33.2 Å². The van der Waals surface area contributed by atoms with Crippen molar-refractivity contribution in [2.24, 2.45) is 0 Å². The molecule has 2 aromatic heterocycles. The van der Waals surface area contributed by atoms with Crippen LogP contribution in [-0.4, -0.2) is 25.3 Å². The van der Waals surface area contributed by atoms with Crippen LogP contribution in [0, 0.1) is 0 Å². The summed E-state index contributed by atoms with van der Waals surface area (Å²) in [5, 5.41) is 10.2. The van der Waals surface area contributed by atoms with Crippen molar-refractivity contribution in [3.8, 4) is 23.1 Å². The number of aromatic nitrogens is 5. The Morgan fingerprint density at radius 2 is 2.06 bits per heavy atom. The minimum atomic E-state index is 0.130. The summed E-state index contributed by atoms with van der Waals surface area (Å²) in [6.45, 7) is 0. The second-order valence-electron chi connectivity index (χ2n) is 3.45.